The molecule has 0 saturated heterocycles. The minimum Gasteiger partial charge on any atom is -0.484 e. The summed E-state index contributed by atoms with van der Waals surface area (Å²) in [5.74, 6) is -0.211. The van der Waals surface area contributed by atoms with Crippen molar-refractivity contribution in [1.29, 1.82) is 0 Å². The molecule has 17 heavy (non-hydrogen) atoms. The molecule has 2 N–H and O–H groups in total. The second-order valence-corrected chi connectivity index (χ2v) is 3.82. The molecule has 0 unspecified atom stereocenters. The lowest BCUT2D eigenvalue weighted by Crippen LogP contribution is -2.38. The van der Waals surface area contributed by atoms with Crippen molar-refractivity contribution in [2.45, 2.75) is 6.92 Å². The lowest BCUT2D eigenvalue weighted by molar-refractivity contribution is -0.135. The topological polar surface area (TPSA) is 72.6 Å². The molecule has 0 radical (unpaired) electrons. The third-order valence-corrected chi connectivity index (χ3v) is 2.20. The molecule has 0 aliphatic rings. The largest absolute Gasteiger partial charge is 0.484 e. The fraction of sp³-hybridized carbons (Fsp3) is 0.333. The van der Waals surface area contributed by atoms with Gasteiger partial charge < -0.3 is 15.4 Å². The average Bonchev–Trinajstić information content (AvgIpc) is 2.27. The molecule has 0 aromatic heterocycles. The maximum absolute atomic E-state index is 11.5. The minimum atomic E-state index is -0.545. The Morgan fingerprint density at radius 2 is 1.88 bits per heavy atom. The number of nitrogens with two attached hydrogens (primary N) is 1. The number of amides is 2. The van der Waals surface area contributed by atoms with Crippen molar-refractivity contribution in [2.24, 2.45) is 5.73 Å². The standard InChI is InChI=1S/C12H16N2O3/c1-9-3-5-10(6-4-9)17-8-12(16)14(2)7-11(13)15/h3-6H,7-8H2,1-2H3,(H2,13,15). The van der Waals surface area contributed by atoms with Crippen LogP contribution >= 0.6 is 0 Å². The number of hydrogen-bond acceptors (Lipinski definition) is 3. The summed E-state index contributed by atoms with van der Waals surface area (Å²) in [6, 6.07) is 7.37. The van der Waals surface area contributed by atoms with Gasteiger partial charge in [0.1, 0.15) is 5.75 Å². The van der Waals surface area contributed by atoms with Crippen molar-refractivity contribution in [1.82, 2.24) is 4.90 Å². The summed E-state index contributed by atoms with van der Waals surface area (Å²) in [6.45, 7) is 1.76. The van der Waals surface area contributed by atoms with Crippen LogP contribution in [0.25, 0.3) is 0 Å². The van der Waals surface area contributed by atoms with Crippen LogP contribution in [0.4, 0.5) is 0 Å². The summed E-state index contributed by atoms with van der Waals surface area (Å²) in [4.78, 5) is 23.4. The summed E-state index contributed by atoms with van der Waals surface area (Å²) >= 11 is 0. The van der Waals surface area contributed by atoms with Crippen molar-refractivity contribution in [3.63, 3.8) is 0 Å². The van der Waals surface area contributed by atoms with Crippen LogP contribution in [-0.4, -0.2) is 36.9 Å². The molecule has 0 heterocycles. The van der Waals surface area contributed by atoms with Crippen molar-refractivity contribution >= 4 is 11.8 Å². The molecule has 0 aliphatic heterocycles. The van der Waals surface area contributed by atoms with E-state index in [-0.39, 0.29) is 19.1 Å². The van der Waals surface area contributed by atoms with Gasteiger partial charge in [-0.3, -0.25) is 9.59 Å². The monoisotopic (exact) mass is 236 g/mol. The molecule has 5 nitrogen and oxygen atoms in total. The average molecular weight is 236 g/mol. The zero-order valence-electron chi connectivity index (χ0n) is 9.97. The normalized spacial score (nSPS) is 9.76. The Hall–Kier alpha value is -2.04. The molecule has 1 aromatic carbocycles. The highest BCUT2D eigenvalue weighted by molar-refractivity contribution is 5.84. The molecule has 0 aliphatic carbocycles. The van der Waals surface area contributed by atoms with E-state index in [1.54, 1.807) is 12.1 Å². The summed E-state index contributed by atoms with van der Waals surface area (Å²) in [5.41, 5.74) is 6.10. The van der Waals surface area contributed by atoms with E-state index in [0.29, 0.717) is 5.75 Å². The van der Waals surface area contributed by atoms with Gasteiger partial charge in [-0.2, -0.15) is 0 Å². The zero-order valence-corrected chi connectivity index (χ0v) is 9.97. The molecule has 0 saturated carbocycles. The number of likely N-dealkylation sites (N-methyl/N-ethyl adjacent to an activating group) is 1. The van der Waals surface area contributed by atoms with E-state index in [1.165, 1.54) is 11.9 Å². The Morgan fingerprint density at radius 1 is 1.29 bits per heavy atom. The number of carbonyl (C=O) groups excluding carboxylic acids is 2. The van der Waals surface area contributed by atoms with E-state index in [9.17, 15) is 9.59 Å². The number of nitrogens with zero attached hydrogens (tertiary/aromatic N) is 1. The quantitative estimate of drug-likeness (QED) is 0.800. The van der Waals surface area contributed by atoms with Crippen LogP contribution in [-0.2, 0) is 9.59 Å². The predicted octanol–water partition coefficient (Wildman–Crippen LogP) is 0.318. The lowest BCUT2D eigenvalue weighted by atomic mass is 10.2. The van der Waals surface area contributed by atoms with Gasteiger partial charge in [-0.15, -0.1) is 0 Å². The highest BCUT2D eigenvalue weighted by atomic mass is 16.5. The summed E-state index contributed by atoms with van der Waals surface area (Å²) < 4.78 is 5.28. The molecule has 2 amide bonds. The van der Waals surface area contributed by atoms with Gasteiger partial charge in [0.15, 0.2) is 6.61 Å². The third-order valence-electron chi connectivity index (χ3n) is 2.20. The molecule has 0 fully saturated rings. The van der Waals surface area contributed by atoms with E-state index in [0.717, 1.165) is 5.56 Å². The minimum absolute atomic E-state index is 0.101. The number of primary amides is 1. The maximum atomic E-state index is 11.5. The third kappa shape index (κ3) is 4.55. The van der Waals surface area contributed by atoms with Crippen LogP contribution in [0.1, 0.15) is 5.56 Å². The molecular weight excluding hydrogens is 220 g/mol. The number of benzene rings is 1. The first-order valence-corrected chi connectivity index (χ1v) is 5.21. The first-order chi connectivity index (χ1) is 7.99. The maximum Gasteiger partial charge on any atom is 0.260 e. The van der Waals surface area contributed by atoms with Gasteiger partial charge in [-0.25, -0.2) is 0 Å². The second-order valence-electron chi connectivity index (χ2n) is 3.82. The van der Waals surface area contributed by atoms with Crippen LogP contribution in [0.2, 0.25) is 0 Å². The van der Waals surface area contributed by atoms with E-state index in [4.69, 9.17) is 10.5 Å². The smallest absolute Gasteiger partial charge is 0.260 e. The molecular formula is C12H16N2O3. The van der Waals surface area contributed by atoms with Gasteiger partial charge in [0.05, 0.1) is 6.54 Å². The Kier molecular flexibility index (Phi) is 4.51. The first kappa shape index (κ1) is 13.0. The van der Waals surface area contributed by atoms with Gasteiger partial charge in [-0.1, -0.05) is 17.7 Å². The second kappa shape index (κ2) is 5.89. The van der Waals surface area contributed by atoms with Gasteiger partial charge in [0.25, 0.3) is 5.91 Å². The number of aryl methyl sites for hydroxylation is 1. The molecule has 1 aromatic rings. The Labute approximate surface area is 100 Å². The van der Waals surface area contributed by atoms with Gasteiger partial charge in [0.2, 0.25) is 5.91 Å². The van der Waals surface area contributed by atoms with Crippen molar-refractivity contribution in [2.75, 3.05) is 20.2 Å². The fourth-order valence-corrected chi connectivity index (χ4v) is 1.21. The predicted molar refractivity (Wildman–Crippen MR) is 63.5 cm³/mol. The van der Waals surface area contributed by atoms with Crippen LogP contribution in [0.3, 0.4) is 0 Å². The number of hydrogen-bond donors (Lipinski definition) is 1. The summed E-state index contributed by atoms with van der Waals surface area (Å²) in [7, 11) is 1.51. The first-order valence-electron chi connectivity index (χ1n) is 5.21. The van der Waals surface area contributed by atoms with Gasteiger partial charge in [0, 0.05) is 7.05 Å². The van der Waals surface area contributed by atoms with Crippen molar-refractivity contribution in [3.05, 3.63) is 29.8 Å². The highest BCUT2D eigenvalue weighted by Gasteiger charge is 2.11. The fourth-order valence-electron chi connectivity index (χ4n) is 1.21. The Bertz CT molecular complexity index is 401. The van der Waals surface area contributed by atoms with Crippen LogP contribution in [0.5, 0.6) is 5.75 Å². The molecule has 92 valence electrons. The highest BCUT2D eigenvalue weighted by Crippen LogP contribution is 2.11. The Balaban J connectivity index is 2.42. The Morgan fingerprint density at radius 3 is 2.41 bits per heavy atom. The molecule has 0 bridgehead atoms. The van der Waals surface area contributed by atoms with E-state index in [2.05, 4.69) is 0 Å². The zero-order chi connectivity index (χ0) is 12.8. The van der Waals surface area contributed by atoms with Gasteiger partial charge in [-0.05, 0) is 19.1 Å². The summed E-state index contributed by atoms with van der Waals surface area (Å²) in [6.07, 6.45) is 0. The van der Waals surface area contributed by atoms with Crippen molar-refractivity contribution in [3.8, 4) is 5.75 Å². The van der Waals surface area contributed by atoms with Gasteiger partial charge >= 0.3 is 0 Å². The van der Waals surface area contributed by atoms with Crippen LogP contribution < -0.4 is 10.5 Å². The number of rotatable bonds is 5. The van der Waals surface area contributed by atoms with E-state index >= 15 is 0 Å². The lowest BCUT2D eigenvalue weighted by Gasteiger charge is -2.15. The molecule has 1 rings (SSSR count). The van der Waals surface area contributed by atoms with E-state index < -0.39 is 5.91 Å². The SMILES string of the molecule is Cc1ccc(OCC(=O)N(C)CC(N)=O)cc1. The van der Waals surface area contributed by atoms with Crippen LogP contribution in [0, 0.1) is 6.92 Å². The summed E-state index contributed by atoms with van der Waals surface area (Å²) in [5, 5.41) is 0. The van der Waals surface area contributed by atoms with E-state index in [1.807, 2.05) is 19.1 Å². The molecule has 0 atom stereocenters. The number of ether oxygens (including phenoxy) is 1. The number of carbonyl (C=O) groups is 2. The van der Waals surface area contributed by atoms with Crippen LogP contribution in [0.15, 0.2) is 24.3 Å². The molecule has 0 spiro atoms. The van der Waals surface area contributed by atoms with Crippen molar-refractivity contribution < 1.29 is 14.3 Å². The molecule has 5 heteroatoms.